The van der Waals surface area contributed by atoms with Crippen molar-refractivity contribution in [3.05, 3.63) is 29.3 Å². The van der Waals surface area contributed by atoms with E-state index in [1.807, 2.05) is 19.1 Å². The molecule has 0 bridgehead atoms. The van der Waals surface area contributed by atoms with Gasteiger partial charge in [-0.1, -0.05) is 6.07 Å². The summed E-state index contributed by atoms with van der Waals surface area (Å²) in [6.45, 7) is 4.79. The van der Waals surface area contributed by atoms with Gasteiger partial charge in [0.25, 0.3) is 0 Å². The van der Waals surface area contributed by atoms with E-state index < -0.39 is 11.5 Å². The van der Waals surface area contributed by atoms with Crippen LogP contribution < -0.4 is 10.1 Å². The third kappa shape index (κ3) is 3.98. The van der Waals surface area contributed by atoms with Crippen LogP contribution in [0, 0.1) is 6.92 Å². The minimum Gasteiger partial charge on any atom is -0.497 e. The van der Waals surface area contributed by atoms with Crippen LogP contribution in [0.3, 0.4) is 0 Å². The van der Waals surface area contributed by atoms with Gasteiger partial charge in [-0.25, -0.2) is 4.79 Å². The van der Waals surface area contributed by atoms with Crippen LogP contribution in [0.4, 0.5) is 0 Å². The predicted octanol–water partition coefficient (Wildman–Crippen LogP) is 1.53. The minimum absolute atomic E-state index is 0.145. The van der Waals surface area contributed by atoms with Crippen LogP contribution in [0.15, 0.2) is 18.2 Å². The summed E-state index contributed by atoms with van der Waals surface area (Å²) in [5.41, 5.74) is 0.513. The molecule has 0 aliphatic carbocycles. The van der Waals surface area contributed by atoms with E-state index in [2.05, 4.69) is 5.32 Å². The molecule has 0 radical (unpaired) electrons. The molecule has 0 saturated carbocycles. The third-order valence-corrected chi connectivity index (χ3v) is 2.89. The van der Waals surface area contributed by atoms with Crippen molar-refractivity contribution in [2.24, 2.45) is 0 Å². The van der Waals surface area contributed by atoms with Crippen LogP contribution in [0.1, 0.15) is 25.0 Å². The number of rotatable bonds is 5. The maximum absolute atomic E-state index is 11.8. The summed E-state index contributed by atoms with van der Waals surface area (Å²) in [4.78, 5) is 22.8. The molecule has 19 heavy (non-hydrogen) atoms. The number of carbonyl (C=O) groups excluding carboxylic acids is 1. The lowest BCUT2D eigenvalue weighted by Crippen LogP contribution is -2.50. The normalized spacial score (nSPS) is 10.9. The number of carbonyl (C=O) groups is 2. The number of aryl methyl sites for hydroxylation is 1. The molecule has 0 spiro atoms. The van der Waals surface area contributed by atoms with Gasteiger partial charge >= 0.3 is 5.97 Å². The fraction of sp³-hybridized carbons (Fsp3) is 0.429. The molecule has 5 heteroatoms. The monoisotopic (exact) mass is 265 g/mol. The molecule has 0 aromatic heterocycles. The summed E-state index contributed by atoms with van der Waals surface area (Å²) in [6, 6.07) is 5.42. The molecule has 0 aliphatic rings. The van der Waals surface area contributed by atoms with Crippen molar-refractivity contribution in [1.29, 1.82) is 0 Å². The molecule has 1 amide bonds. The smallest absolute Gasteiger partial charge is 0.328 e. The molecule has 0 saturated heterocycles. The fourth-order valence-electron chi connectivity index (χ4n) is 1.61. The van der Waals surface area contributed by atoms with E-state index in [0.29, 0.717) is 0 Å². The zero-order chi connectivity index (χ0) is 14.6. The molecular formula is C14H19NO4. The Balaban J connectivity index is 2.75. The van der Waals surface area contributed by atoms with E-state index in [0.717, 1.165) is 16.9 Å². The second-order valence-electron chi connectivity index (χ2n) is 4.95. The number of benzene rings is 1. The van der Waals surface area contributed by atoms with Crippen molar-refractivity contribution in [3.8, 4) is 5.75 Å². The summed E-state index contributed by atoms with van der Waals surface area (Å²) >= 11 is 0. The molecule has 0 unspecified atom stereocenters. The number of carboxylic acids is 1. The van der Waals surface area contributed by atoms with Gasteiger partial charge in [-0.2, -0.15) is 0 Å². The number of carboxylic acid groups (broad SMARTS) is 1. The average Bonchev–Trinajstić information content (AvgIpc) is 2.30. The fourth-order valence-corrected chi connectivity index (χ4v) is 1.61. The molecule has 2 N–H and O–H groups in total. The van der Waals surface area contributed by atoms with E-state index in [1.54, 1.807) is 13.2 Å². The average molecular weight is 265 g/mol. The number of amides is 1. The van der Waals surface area contributed by atoms with Gasteiger partial charge in [0.2, 0.25) is 5.91 Å². The van der Waals surface area contributed by atoms with Crippen molar-refractivity contribution in [1.82, 2.24) is 5.32 Å². The molecule has 0 aliphatic heterocycles. The Morgan fingerprint density at radius 2 is 2.00 bits per heavy atom. The zero-order valence-corrected chi connectivity index (χ0v) is 11.6. The van der Waals surface area contributed by atoms with Crippen LogP contribution in [0.2, 0.25) is 0 Å². The number of methoxy groups -OCH3 is 1. The quantitative estimate of drug-likeness (QED) is 0.846. The van der Waals surface area contributed by atoms with Crippen LogP contribution in [-0.2, 0) is 16.0 Å². The second kappa shape index (κ2) is 5.73. The van der Waals surface area contributed by atoms with Crippen molar-refractivity contribution in [2.75, 3.05) is 7.11 Å². The first-order valence-corrected chi connectivity index (χ1v) is 5.94. The van der Waals surface area contributed by atoms with Crippen molar-refractivity contribution in [2.45, 2.75) is 32.7 Å². The van der Waals surface area contributed by atoms with Crippen LogP contribution in [-0.4, -0.2) is 29.6 Å². The highest BCUT2D eigenvalue weighted by Crippen LogP contribution is 2.17. The van der Waals surface area contributed by atoms with Gasteiger partial charge in [0.1, 0.15) is 11.3 Å². The molecule has 1 aromatic carbocycles. The van der Waals surface area contributed by atoms with Crippen LogP contribution in [0.5, 0.6) is 5.75 Å². The van der Waals surface area contributed by atoms with Crippen molar-refractivity contribution < 1.29 is 19.4 Å². The molecular weight excluding hydrogens is 246 g/mol. The van der Waals surface area contributed by atoms with Gasteiger partial charge in [0.15, 0.2) is 0 Å². The Bertz CT molecular complexity index is 494. The first-order chi connectivity index (χ1) is 8.76. The third-order valence-electron chi connectivity index (χ3n) is 2.89. The van der Waals surface area contributed by atoms with Gasteiger partial charge in [-0.3, -0.25) is 4.79 Å². The summed E-state index contributed by atoms with van der Waals surface area (Å²) in [6.07, 6.45) is 0.145. The number of aliphatic carboxylic acids is 1. The number of hydrogen-bond donors (Lipinski definition) is 2. The molecule has 5 nitrogen and oxygen atoms in total. The number of nitrogens with one attached hydrogen (secondary N) is 1. The van der Waals surface area contributed by atoms with Gasteiger partial charge in [-0.15, -0.1) is 0 Å². The number of hydrogen-bond acceptors (Lipinski definition) is 3. The molecule has 0 atom stereocenters. The van der Waals surface area contributed by atoms with Crippen molar-refractivity contribution in [3.63, 3.8) is 0 Å². The summed E-state index contributed by atoms with van der Waals surface area (Å²) in [7, 11) is 1.58. The van der Waals surface area contributed by atoms with E-state index in [4.69, 9.17) is 9.84 Å². The molecule has 0 heterocycles. The zero-order valence-electron chi connectivity index (χ0n) is 11.6. The van der Waals surface area contributed by atoms with Crippen LogP contribution in [0.25, 0.3) is 0 Å². The second-order valence-corrected chi connectivity index (χ2v) is 4.95. The van der Waals surface area contributed by atoms with Gasteiger partial charge < -0.3 is 15.2 Å². The topological polar surface area (TPSA) is 75.6 Å². The van der Waals surface area contributed by atoms with Crippen LogP contribution >= 0.6 is 0 Å². The highest BCUT2D eigenvalue weighted by molar-refractivity contribution is 5.87. The first-order valence-electron chi connectivity index (χ1n) is 5.94. The number of ether oxygens (including phenoxy) is 1. The Hall–Kier alpha value is -2.04. The highest BCUT2D eigenvalue weighted by Gasteiger charge is 2.28. The molecule has 1 aromatic rings. The summed E-state index contributed by atoms with van der Waals surface area (Å²) in [5, 5.41) is 11.4. The van der Waals surface area contributed by atoms with E-state index >= 15 is 0 Å². The maximum atomic E-state index is 11.8. The molecule has 1 rings (SSSR count). The predicted molar refractivity (Wildman–Crippen MR) is 71.3 cm³/mol. The lowest BCUT2D eigenvalue weighted by Gasteiger charge is -2.21. The van der Waals surface area contributed by atoms with Gasteiger partial charge in [0, 0.05) is 0 Å². The van der Waals surface area contributed by atoms with Crippen molar-refractivity contribution >= 4 is 11.9 Å². The Morgan fingerprint density at radius 1 is 1.37 bits per heavy atom. The minimum atomic E-state index is -1.27. The summed E-state index contributed by atoms with van der Waals surface area (Å²) in [5.74, 6) is -0.652. The Labute approximate surface area is 112 Å². The Morgan fingerprint density at radius 3 is 2.47 bits per heavy atom. The lowest BCUT2D eigenvalue weighted by atomic mass is 10.0. The van der Waals surface area contributed by atoms with E-state index in [1.165, 1.54) is 13.8 Å². The SMILES string of the molecule is COc1ccc(CC(=O)NC(C)(C)C(=O)O)c(C)c1. The summed E-state index contributed by atoms with van der Waals surface area (Å²) < 4.78 is 5.09. The standard InChI is InChI=1S/C14H19NO4/c1-9-7-11(19-4)6-5-10(9)8-12(16)15-14(2,3)13(17)18/h5-7H,8H2,1-4H3,(H,15,16)(H,17,18). The van der Waals surface area contributed by atoms with Gasteiger partial charge in [-0.05, 0) is 44.0 Å². The van der Waals surface area contributed by atoms with E-state index in [-0.39, 0.29) is 12.3 Å². The van der Waals surface area contributed by atoms with Gasteiger partial charge in [0.05, 0.1) is 13.5 Å². The lowest BCUT2D eigenvalue weighted by molar-refractivity contribution is -0.145. The highest BCUT2D eigenvalue weighted by atomic mass is 16.5. The maximum Gasteiger partial charge on any atom is 0.328 e. The molecule has 104 valence electrons. The Kier molecular flexibility index (Phi) is 4.53. The molecule has 0 fully saturated rings. The first kappa shape index (κ1) is 15.0. The van der Waals surface area contributed by atoms with E-state index in [9.17, 15) is 9.59 Å². The largest absolute Gasteiger partial charge is 0.497 e.